The summed E-state index contributed by atoms with van der Waals surface area (Å²) < 4.78 is 0. The van der Waals surface area contributed by atoms with E-state index in [1.54, 1.807) is 10.8 Å². The summed E-state index contributed by atoms with van der Waals surface area (Å²) >= 11 is 1.34. The molecule has 2 aliphatic rings. The molecule has 33 heavy (non-hydrogen) atoms. The number of rotatable bonds is 11. The quantitative estimate of drug-likeness (QED) is 0.0759. The molecule has 2 saturated heterocycles. The summed E-state index contributed by atoms with van der Waals surface area (Å²) in [6, 6.07) is -1.34. The number of hydroxylamine groups is 2. The van der Waals surface area contributed by atoms with E-state index in [1.807, 2.05) is 0 Å². The van der Waals surface area contributed by atoms with E-state index in [9.17, 15) is 24.4 Å². The van der Waals surface area contributed by atoms with Crippen LogP contribution < -0.4 is 16.8 Å². The van der Waals surface area contributed by atoms with Crippen molar-refractivity contribution < 1.29 is 24.4 Å². The Hall–Kier alpha value is -1.12. The Morgan fingerprint density at radius 1 is 1.24 bits per heavy atom. The van der Waals surface area contributed by atoms with Crippen LogP contribution in [0.25, 0.3) is 0 Å². The first-order valence-electron chi connectivity index (χ1n) is 11.0. The number of aliphatic imine (C=N–C) groups is 1. The van der Waals surface area contributed by atoms with E-state index in [0.29, 0.717) is 48.9 Å². The summed E-state index contributed by atoms with van der Waals surface area (Å²) in [6.07, 6.45) is 3.42. The second-order valence-electron chi connectivity index (χ2n) is 8.04. The molecule has 2 amide bonds. The molecule has 0 radical (unpaired) electrons. The Morgan fingerprint density at radius 3 is 2.64 bits per heavy atom. The number of amidine groups is 1. The van der Waals surface area contributed by atoms with Gasteiger partial charge in [0.05, 0.1) is 35.6 Å². The SMILES string of the molecule is CC(=O)C1CSSCC(N)C(=O)[C@H](CCCCN=C(N)CCCSC2CC(=O)N(O)C2=O)N1. The average Bonchev–Trinajstić information content (AvgIpc) is 3.05. The number of nitrogens with two attached hydrogens (primary N) is 2. The number of hydrogen-bond acceptors (Lipinski definition) is 11. The monoisotopic (exact) mass is 519 g/mol. The van der Waals surface area contributed by atoms with Crippen LogP contribution >= 0.6 is 33.3 Å². The Bertz CT molecular complexity index is 754. The van der Waals surface area contributed by atoms with Crippen molar-refractivity contribution in [2.45, 2.75) is 68.8 Å². The number of Topliss-reactive ketones (excluding diaryl/α,β-unsaturated/α-hetero) is 2. The van der Waals surface area contributed by atoms with Crippen LogP contribution in [0.3, 0.4) is 0 Å². The highest BCUT2D eigenvalue weighted by Gasteiger charge is 2.38. The van der Waals surface area contributed by atoms with Crippen LogP contribution in [0.2, 0.25) is 0 Å². The molecule has 10 nitrogen and oxygen atoms in total. The largest absolute Gasteiger partial charge is 0.387 e. The molecular formula is C20H33N5O5S3. The molecule has 186 valence electrons. The van der Waals surface area contributed by atoms with Gasteiger partial charge in [-0.2, -0.15) is 5.06 Å². The zero-order valence-electron chi connectivity index (χ0n) is 18.7. The summed E-state index contributed by atoms with van der Waals surface area (Å²) in [5.74, 6) is 1.14. The summed E-state index contributed by atoms with van der Waals surface area (Å²) in [7, 11) is 3.09. The van der Waals surface area contributed by atoms with Crippen LogP contribution in [-0.2, 0) is 19.2 Å². The van der Waals surface area contributed by atoms with Gasteiger partial charge in [0.1, 0.15) is 5.78 Å². The Balaban J connectivity index is 1.67. The van der Waals surface area contributed by atoms with Gasteiger partial charge in [0.25, 0.3) is 11.8 Å². The maximum absolute atomic E-state index is 12.7. The van der Waals surface area contributed by atoms with Crippen molar-refractivity contribution in [3.63, 3.8) is 0 Å². The highest BCUT2D eigenvalue weighted by Crippen LogP contribution is 2.26. The molecule has 0 saturated carbocycles. The predicted molar refractivity (Wildman–Crippen MR) is 133 cm³/mol. The minimum atomic E-state index is -0.568. The van der Waals surface area contributed by atoms with E-state index in [2.05, 4.69) is 10.3 Å². The van der Waals surface area contributed by atoms with Crippen molar-refractivity contribution in [3.05, 3.63) is 0 Å². The fourth-order valence-electron chi connectivity index (χ4n) is 3.37. The lowest BCUT2D eigenvalue weighted by molar-refractivity contribution is -0.170. The standard InChI is InChI=1S/C20H33N5O5S3/c1-12(26)15-11-33-32-10-13(21)19(28)14(24-15)5-2-3-7-23-17(22)6-4-8-31-16-9-18(27)25(30)20(16)29/h13-16,24,30H,2-11,21H2,1H3,(H2,22,23)/t13?,14-,15?,16?/m0/s1. The first-order chi connectivity index (χ1) is 15.7. The number of hydrogen-bond donors (Lipinski definition) is 4. The second-order valence-corrected chi connectivity index (χ2v) is 11.9. The average molecular weight is 520 g/mol. The van der Waals surface area contributed by atoms with E-state index in [1.165, 1.54) is 29.5 Å². The number of nitrogens with zero attached hydrogens (tertiary/aromatic N) is 2. The highest BCUT2D eigenvalue weighted by atomic mass is 33.1. The molecule has 3 unspecified atom stereocenters. The van der Waals surface area contributed by atoms with Crippen molar-refractivity contribution >= 4 is 62.6 Å². The molecule has 4 atom stereocenters. The maximum Gasteiger partial charge on any atom is 0.266 e. The van der Waals surface area contributed by atoms with Crippen molar-refractivity contribution in [1.29, 1.82) is 0 Å². The third-order valence-corrected chi connectivity index (χ3v) is 9.10. The number of ketones is 2. The number of amides is 2. The normalized spacial score (nSPS) is 27.4. The van der Waals surface area contributed by atoms with Crippen molar-refractivity contribution in [3.8, 4) is 0 Å². The first kappa shape index (κ1) is 28.1. The van der Waals surface area contributed by atoms with Gasteiger partial charge in [0.15, 0.2) is 5.78 Å². The molecule has 0 aromatic rings. The third kappa shape index (κ3) is 9.21. The Labute approximate surface area is 206 Å². The fourth-order valence-corrected chi connectivity index (χ4v) is 6.87. The number of thioether (sulfide) groups is 1. The minimum absolute atomic E-state index is 0.0180. The lowest BCUT2D eigenvalue weighted by Crippen LogP contribution is -2.52. The Kier molecular flexibility index (Phi) is 12.2. The fraction of sp³-hybridized carbons (Fsp3) is 0.750. The number of imide groups is 1. The van der Waals surface area contributed by atoms with Gasteiger partial charge in [0, 0.05) is 24.5 Å². The lowest BCUT2D eigenvalue weighted by Gasteiger charge is -2.23. The molecule has 2 rings (SSSR count). The minimum Gasteiger partial charge on any atom is -0.387 e. The summed E-state index contributed by atoms with van der Waals surface area (Å²) in [6.45, 7) is 2.08. The zero-order chi connectivity index (χ0) is 24.4. The lowest BCUT2D eigenvalue weighted by atomic mass is 9.99. The maximum atomic E-state index is 12.7. The molecular weight excluding hydrogens is 486 g/mol. The summed E-state index contributed by atoms with van der Waals surface area (Å²) in [5, 5.41) is 12.1. The number of unbranched alkanes of at least 4 members (excludes halogenated alkanes) is 1. The second kappa shape index (κ2) is 14.3. The molecule has 0 aromatic carbocycles. The van der Waals surface area contributed by atoms with Gasteiger partial charge in [-0.25, -0.2) is 0 Å². The van der Waals surface area contributed by atoms with Crippen LogP contribution in [0.1, 0.15) is 45.4 Å². The van der Waals surface area contributed by atoms with E-state index in [-0.39, 0.29) is 29.1 Å². The molecule has 0 aliphatic carbocycles. The van der Waals surface area contributed by atoms with Gasteiger partial charge in [0.2, 0.25) is 0 Å². The van der Waals surface area contributed by atoms with Crippen LogP contribution in [0.5, 0.6) is 0 Å². The van der Waals surface area contributed by atoms with Crippen LogP contribution in [0.4, 0.5) is 0 Å². The molecule has 2 fully saturated rings. The summed E-state index contributed by atoms with van der Waals surface area (Å²) in [4.78, 5) is 51.8. The van der Waals surface area contributed by atoms with Crippen LogP contribution in [0, 0.1) is 0 Å². The van der Waals surface area contributed by atoms with E-state index >= 15 is 0 Å². The van der Waals surface area contributed by atoms with Gasteiger partial charge in [-0.1, -0.05) is 21.6 Å². The van der Waals surface area contributed by atoms with E-state index in [4.69, 9.17) is 11.5 Å². The highest BCUT2D eigenvalue weighted by molar-refractivity contribution is 8.76. The first-order valence-corrected chi connectivity index (χ1v) is 14.5. The molecule has 13 heteroatoms. The number of carbonyl (C=O) groups excluding carboxylic acids is 4. The predicted octanol–water partition coefficient (Wildman–Crippen LogP) is 0.751. The zero-order valence-corrected chi connectivity index (χ0v) is 21.2. The van der Waals surface area contributed by atoms with E-state index < -0.39 is 29.1 Å². The topological polar surface area (TPSA) is 168 Å². The van der Waals surface area contributed by atoms with Gasteiger partial charge in [-0.05, 0) is 38.4 Å². The van der Waals surface area contributed by atoms with Crippen molar-refractivity contribution in [2.24, 2.45) is 16.5 Å². The number of carbonyl (C=O) groups is 4. The Morgan fingerprint density at radius 2 is 1.97 bits per heavy atom. The molecule has 2 aliphatic heterocycles. The van der Waals surface area contributed by atoms with Gasteiger partial charge in [-0.3, -0.25) is 34.7 Å². The van der Waals surface area contributed by atoms with Crippen LogP contribution in [0.15, 0.2) is 4.99 Å². The van der Waals surface area contributed by atoms with Gasteiger partial charge >= 0.3 is 0 Å². The molecule has 2 heterocycles. The number of nitrogens with one attached hydrogen (secondary N) is 1. The van der Waals surface area contributed by atoms with Crippen molar-refractivity contribution in [1.82, 2.24) is 10.4 Å². The molecule has 0 spiro atoms. The van der Waals surface area contributed by atoms with Gasteiger partial charge in [-0.15, -0.1) is 11.8 Å². The van der Waals surface area contributed by atoms with E-state index in [0.717, 1.165) is 12.8 Å². The molecule has 6 N–H and O–H groups in total. The summed E-state index contributed by atoms with van der Waals surface area (Å²) in [5.41, 5.74) is 12.0. The van der Waals surface area contributed by atoms with Crippen LogP contribution in [-0.4, -0.2) is 86.7 Å². The van der Waals surface area contributed by atoms with Crippen molar-refractivity contribution in [2.75, 3.05) is 23.8 Å². The molecule has 0 bridgehead atoms. The van der Waals surface area contributed by atoms with Gasteiger partial charge < -0.3 is 11.5 Å². The molecule has 0 aromatic heterocycles. The smallest absolute Gasteiger partial charge is 0.266 e. The third-order valence-electron chi connectivity index (χ3n) is 5.36.